The Labute approximate surface area is 282 Å². The van der Waals surface area contributed by atoms with Crippen molar-refractivity contribution in [3.05, 3.63) is 77.4 Å². The summed E-state index contributed by atoms with van der Waals surface area (Å²) in [4.78, 5) is 45.4. The van der Waals surface area contributed by atoms with Crippen LogP contribution in [0.4, 0.5) is 9.18 Å². The van der Waals surface area contributed by atoms with Crippen molar-refractivity contribution in [2.45, 2.75) is 72.5 Å². The molecule has 15 heteroatoms. The van der Waals surface area contributed by atoms with Gasteiger partial charge in [0.25, 0.3) is 11.8 Å². The molecular formula is C34H39FN6O8. The number of benzene rings is 2. The van der Waals surface area contributed by atoms with Crippen LogP contribution < -0.4 is 15.4 Å². The van der Waals surface area contributed by atoms with Gasteiger partial charge in [-0.25, -0.2) is 9.18 Å². The molecule has 0 saturated heterocycles. The van der Waals surface area contributed by atoms with Crippen LogP contribution in [0.5, 0.6) is 5.75 Å². The lowest BCUT2D eigenvalue weighted by atomic mass is 10.1. The van der Waals surface area contributed by atoms with E-state index in [2.05, 4.69) is 30.9 Å². The van der Waals surface area contributed by atoms with Crippen molar-refractivity contribution in [1.82, 2.24) is 30.9 Å². The van der Waals surface area contributed by atoms with Gasteiger partial charge in [0.1, 0.15) is 30.3 Å². The van der Waals surface area contributed by atoms with Crippen LogP contribution in [0.1, 0.15) is 89.0 Å². The van der Waals surface area contributed by atoms with Crippen LogP contribution in [0.25, 0.3) is 22.8 Å². The number of hydrogen-bond donors (Lipinski definition) is 2. The molecule has 1 atom stereocenters. The van der Waals surface area contributed by atoms with E-state index in [9.17, 15) is 14.4 Å². The predicted octanol–water partition coefficient (Wildman–Crippen LogP) is 6.28. The highest BCUT2D eigenvalue weighted by Crippen LogP contribution is 2.28. The maximum absolute atomic E-state index is 15.1. The standard InChI is InChI=1S/C34H39FN6O8/c1-8-22(18-45-27(42)17-36-33(44)47-34(5,6)7)37-30(43)24-15-12-21(16-25(24)35)29-39-32(49-41-29)26(9-2)46-23-13-10-20(11-14-23)28-38-31(19(3)4)48-40-28/h8,10-16,19,26H,9,17-18H2,1-7H3,(H,36,44)(H,37,43)/b22-8-. The number of allylic oxidation sites excluding steroid dienone is 1. The SMILES string of the molecule is C/C=C(/COC(=O)CNC(=O)OC(C)(C)C)NC(=O)c1ccc(-c2noc(C(CC)Oc3ccc(-c4noc(C(C)C)n4)cc3)n2)cc1F. The largest absolute Gasteiger partial charge is 0.481 e. The van der Waals surface area contributed by atoms with Gasteiger partial charge in [-0.15, -0.1) is 0 Å². The van der Waals surface area contributed by atoms with Gasteiger partial charge in [0.2, 0.25) is 17.5 Å². The van der Waals surface area contributed by atoms with Gasteiger partial charge in [0.15, 0.2) is 6.10 Å². The Kier molecular flexibility index (Phi) is 11.8. The first-order chi connectivity index (χ1) is 23.3. The van der Waals surface area contributed by atoms with E-state index >= 15 is 4.39 Å². The molecule has 2 aromatic heterocycles. The molecule has 260 valence electrons. The Morgan fingerprint density at radius 3 is 2.18 bits per heavy atom. The number of rotatable bonds is 13. The van der Waals surface area contributed by atoms with Crippen molar-refractivity contribution in [2.24, 2.45) is 0 Å². The normalized spacial score (nSPS) is 12.4. The zero-order chi connectivity index (χ0) is 35.7. The molecule has 0 bridgehead atoms. The van der Waals surface area contributed by atoms with Crippen LogP contribution in [0.15, 0.2) is 63.3 Å². The fraction of sp³-hybridized carbons (Fsp3) is 0.382. The van der Waals surface area contributed by atoms with Crippen molar-refractivity contribution in [2.75, 3.05) is 13.2 Å². The van der Waals surface area contributed by atoms with Gasteiger partial charge in [-0.3, -0.25) is 9.59 Å². The smallest absolute Gasteiger partial charge is 0.408 e. The number of carbonyl (C=O) groups is 3. The van der Waals surface area contributed by atoms with E-state index < -0.39 is 42.0 Å². The van der Waals surface area contributed by atoms with Gasteiger partial charge in [0, 0.05) is 17.0 Å². The zero-order valence-corrected chi connectivity index (χ0v) is 28.3. The molecule has 1 unspecified atom stereocenters. The number of alkyl carbamates (subject to hydrolysis) is 1. The molecule has 0 radical (unpaired) electrons. The molecule has 2 amide bonds. The summed E-state index contributed by atoms with van der Waals surface area (Å²) in [6.07, 6.45) is 0.641. The Morgan fingerprint density at radius 1 is 0.959 bits per heavy atom. The topological polar surface area (TPSA) is 181 Å². The van der Waals surface area contributed by atoms with Gasteiger partial charge in [-0.2, -0.15) is 9.97 Å². The van der Waals surface area contributed by atoms with Gasteiger partial charge in [-0.05, 0) is 70.5 Å². The minimum atomic E-state index is -0.833. The summed E-state index contributed by atoms with van der Waals surface area (Å²) in [5.74, 6) is -0.352. The van der Waals surface area contributed by atoms with Crippen LogP contribution in [0, 0.1) is 5.82 Å². The first kappa shape index (κ1) is 36.2. The molecule has 0 aliphatic rings. The minimum absolute atomic E-state index is 0.109. The first-order valence-corrected chi connectivity index (χ1v) is 15.6. The molecule has 4 aromatic rings. The molecule has 0 saturated carbocycles. The number of amides is 2. The fourth-order valence-corrected chi connectivity index (χ4v) is 4.14. The summed E-state index contributed by atoms with van der Waals surface area (Å²) in [6.45, 7) is 11.7. The molecular weight excluding hydrogens is 639 g/mol. The molecule has 49 heavy (non-hydrogen) atoms. The van der Waals surface area contributed by atoms with E-state index in [1.165, 1.54) is 18.2 Å². The van der Waals surface area contributed by atoms with Crippen LogP contribution in [-0.4, -0.2) is 57.0 Å². The maximum Gasteiger partial charge on any atom is 0.408 e. The van der Waals surface area contributed by atoms with E-state index in [4.69, 9.17) is 23.3 Å². The average Bonchev–Trinajstić information content (AvgIpc) is 3.75. The number of hydrogen-bond acceptors (Lipinski definition) is 12. The van der Waals surface area contributed by atoms with Gasteiger partial charge in [-0.1, -0.05) is 43.2 Å². The maximum atomic E-state index is 15.1. The minimum Gasteiger partial charge on any atom is -0.481 e. The third-order valence-electron chi connectivity index (χ3n) is 6.67. The molecule has 0 fully saturated rings. The quantitative estimate of drug-likeness (QED) is 0.151. The Morgan fingerprint density at radius 2 is 1.59 bits per heavy atom. The number of nitrogens with one attached hydrogen (secondary N) is 2. The van der Waals surface area contributed by atoms with E-state index in [0.717, 1.165) is 11.6 Å². The number of nitrogens with zero attached hydrogens (tertiary/aromatic N) is 4. The van der Waals surface area contributed by atoms with E-state index in [-0.39, 0.29) is 41.1 Å². The molecule has 2 heterocycles. The second-order valence-corrected chi connectivity index (χ2v) is 12.1. The highest BCUT2D eigenvalue weighted by Gasteiger charge is 2.22. The van der Waals surface area contributed by atoms with E-state index in [1.54, 1.807) is 39.8 Å². The lowest BCUT2D eigenvalue weighted by molar-refractivity contribution is -0.141. The van der Waals surface area contributed by atoms with Crippen molar-refractivity contribution in [3.63, 3.8) is 0 Å². The molecule has 2 aromatic carbocycles. The Hall–Kier alpha value is -5.60. The Balaban J connectivity index is 1.33. The number of aromatic nitrogens is 4. The molecule has 14 nitrogen and oxygen atoms in total. The second kappa shape index (κ2) is 16.0. The molecule has 0 aliphatic carbocycles. The summed E-state index contributed by atoms with van der Waals surface area (Å²) in [5, 5.41) is 12.8. The van der Waals surface area contributed by atoms with Crippen LogP contribution in [-0.2, 0) is 14.3 Å². The number of carbonyl (C=O) groups excluding carboxylic acids is 3. The predicted molar refractivity (Wildman–Crippen MR) is 174 cm³/mol. The summed E-state index contributed by atoms with van der Waals surface area (Å²) < 4.78 is 42.1. The lowest BCUT2D eigenvalue weighted by Crippen LogP contribution is -2.36. The van der Waals surface area contributed by atoms with Crippen molar-refractivity contribution in [1.29, 1.82) is 0 Å². The van der Waals surface area contributed by atoms with Crippen LogP contribution in [0.3, 0.4) is 0 Å². The summed E-state index contributed by atoms with van der Waals surface area (Å²) in [7, 11) is 0. The monoisotopic (exact) mass is 678 g/mol. The van der Waals surface area contributed by atoms with Crippen molar-refractivity contribution < 1.29 is 42.0 Å². The van der Waals surface area contributed by atoms with Gasteiger partial charge in [0.05, 0.1) is 11.3 Å². The first-order valence-electron chi connectivity index (χ1n) is 15.6. The molecule has 2 N–H and O–H groups in total. The average molecular weight is 679 g/mol. The zero-order valence-electron chi connectivity index (χ0n) is 28.3. The number of halogens is 1. The summed E-state index contributed by atoms with van der Waals surface area (Å²) >= 11 is 0. The van der Waals surface area contributed by atoms with Crippen molar-refractivity contribution in [3.8, 4) is 28.5 Å². The highest BCUT2D eigenvalue weighted by atomic mass is 19.1. The Bertz CT molecular complexity index is 1790. The number of esters is 1. The van der Waals surface area contributed by atoms with E-state index in [0.29, 0.717) is 23.9 Å². The van der Waals surface area contributed by atoms with Gasteiger partial charge < -0.3 is 33.9 Å². The third-order valence-corrected chi connectivity index (χ3v) is 6.67. The fourth-order valence-electron chi connectivity index (χ4n) is 4.14. The highest BCUT2D eigenvalue weighted by molar-refractivity contribution is 5.96. The summed E-state index contributed by atoms with van der Waals surface area (Å²) in [5.41, 5.74) is 0.269. The molecule has 4 rings (SSSR count). The van der Waals surface area contributed by atoms with Crippen molar-refractivity contribution >= 4 is 18.0 Å². The molecule has 0 aliphatic heterocycles. The van der Waals surface area contributed by atoms with Crippen LogP contribution >= 0.6 is 0 Å². The molecule has 0 spiro atoms. The summed E-state index contributed by atoms with van der Waals surface area (Å²) in [6, 6.07) is 11.0. The second-order valence-electron chi connectivity index (χ2n) is 12.1. The van der Waals surface area contributed by atoms with Crippen LogP contribution in [0.2, 0.25) is 0 Å². The lowest BCUT2D eigenvalue weighted by Gasteiger charge is -2.19. The number of ether oxygens (including phenoxy) is 3. The third kappa shape index (κ3) is 10.2. The van der Waals surface area contributed by atoms with Gasteiger partial charge >= 0.3 is 12.1 Å². The van der Waals surface area contributed by atoms with E-state index in [1.807, 2.05) is 32.9 Å².